The monoisotopic (exact) mass is 148 g/mol. The minimum absolute atomic E-state index is 0.390. The number of ether oxygens (including phenoxy) is 1. The zero-order valence-electron chi connectivity index (χ0n) is 6.66. The van der Waals surface area contributed by atoms with E-state index in [2.05, 4.69) is 31.2 Å². The Morgan fingerprint density at radius 1 is 1.27 bits per heavy atom. The molecule has 0 aromatic heterocycles. The number of hydrogen-bond acceptors (Lipinski definition) is 1. The summed E-state index contributed by atoms with van der Waals surface area (Å²) < 4.78 is 5.45. The fraction of sp³-hybridized carbons (Fsp3) is 0.400. The molecule has 0 bridgehead atoms. The van der Waals surface area contributed by atoms with E-state index in [1.807, 2.05) is 6.07 Å². The molecule has 1 aliphatic rings. The third-order valence-electron chi connectivity index (χ3n) is 2.11. The molecular weight excluding hydrogens is 136 g/mol. The normalized spacial score (nSPS) is 28.5. The van der Waals surface area contributed by atoms with Gasteiger partial charge in [-0.3, -0.25) is 0 Å². The van der Waals surface area contributed by atoms with Gasteiger partial charge in [0.05, 0.1) is 6.10 Å². The van der Waals surface area contributed by atoms with Crippen molar-refractivity contribution in [2.75, 3.05) is 0 Å². The summed E-state index contributed by atoms with van der Waals surface area (Å²) in [6.07, 6.45) is 2.00. The quantitative estimate of drug-likeness (QED) is 0.587. The molecule has 1 heterocycles. The van der Waals surface area contributed by atoms with Gasteiger partial charge in [0.15, 0.2) is 0 Å². The zero-order valence-corrected chi connectivity index (χ0v) is 6.66. The molecule has 1 nitrogen and oxygen atoms in total. The third-order valence-corrected chi connectivity index (χ3v) is 2.11. The van der Waals surface area contributed by atoms with E-state index in [0.717, 1.165) is 6.42 Å². The number of epoxide rings is 1. The van der Waals surface area contributed by atoms with Crippen molar-refractivity contribution in [3.8, 4) is 0 Å². The van der Waals surface area contributed by atoms with E-state index in [-0.39, 0.29) is 0 Å². The van der Waals surface area contributed by atoms with Crippen molar-refractivity contribution >= 4 is 0 Å². The Morgan fingerprint density at radius 3 is 2.55 bits per heavy atom. The highest BCUT2D eigenvalue weighted by atomic mass is 16.6. The van der Waals surface area contributed by atoms with E-state index in [0.29, 0.717) is 12.2 Å². The van der Waals surface area contributed by atoms with Crippen LogP contribution in [0, 0.1) is 0 Å². The van der Waals surface area contributed by atoms with Gasteiger partial charge in [-0.1, -0.05) is 37.3 Å². The predicted octanol–water partition coefficient (Wildman–Crippen LogP) is 2.54. The fourth-order valence-corrected chi connectivity index (χ4v) is 1.39. The van der Waals surface area contributed by atoms with Crippen molar-refractivity contribution in [1.29, 1.82) is 0 Å². The van der Waals surface area contributed by atoms with Crippen LogP contribution in [-0.2, 0) is 4.74 Å². The lowest BCUT2D eigenvalue weighted by atomic mass is 10.1. The summed E-state index contributed by atoms with van der Waals surface area (Å²) in [5, 5.41) is 0. The summed E-state index contributed by atoms with van der Waals surface area (Å²) >= 11 is 0. The van der Waals surface area contributed by atoms with Gasteiger partial charge < -0.3 is 4.74 Å². The van der Waals surface area contributed by atoms with Crippen LogP contribution in [0.15, 0.2) is 30.3 Å². The Morgan fingerprint density at radius 2 is 2.00 bits per heavy atom. The molecule has 1 aromatic carbocycles. The average Bonchev–Trinajstić information content (AvgIpc) is 2.85. The molecule has 58 valence electrons. The largest absolute Gasteiger partial charge is 0.365 e. The Kier molecular flexibility index (Phi) is 1.66. The molecule has 0 N–H and O–H groups in total. The molecule has 0 aliphatic carbocycles. The highest BCUT2D eigenvalue weighted by Gasteiger charge is 2.37. The molecule has 1 heteroatoms. The van der Waals surface area contributed by atoms with Crippen molar-refractivity contribution in [2.24, 2.45) is 0 Å². The van der Waals surface area contributed by atoms with Crippen LogP contribution in [0.1, 0.15) is 25.0 Å². The molecule has 1 saturated heterocycles. The second-order valence-electron chi connectivity index (χ2n) is 2.91. The van der Waals surface area contributed by atoms with Gasteiger partial charge >= 0.3 is 0 Å². The smallest absolute Gasteiger partial charge is 0.109 e. The van der Waals surface area contributed by atoms with E-state index >= 15 is 0 Å². The van der Waals surface area contributed by atoms with Gasteiger partial charge in [0.1, 0.15) is 6.10 Å². The van der Waals surface area contributed by atoms with E-state index in [4.69, 9.17) is 4.74 Å². The first-order valence-electron chi connectivity index (χ1n) is 4.12. The fourth-order valence-electron chi connectivity index (χ4n) is 1.39. The Labute approximate surface area is 67.0 Å². The van der Waals surface area contributed by atoms with Gasteiger partial charge in [0, 0.05) is 0 Å². The van der Waals surface area contributed by atoms with E-state index in [1.165, 1.54) is 5.56 Å². The topological polar surface area (TPSA) is 12.5 Å². The van der Waals surface area contributed by atoms with E-state index < -0.39 is 0 Å². The molecule has 1 aromatic rings. The first-order valence-corrected chi connectivity index (χ1v) is 4.12. The second kappa shape index (κ2) is 2.67. The molecule has 2 rings (SSSR count). The lowest BCUT2D eigenvalue weighted by molar-refractivity contribution is 0.370. The maximum atomic E-state index is 5.45. The summed E-state index contributed by atoms with van der Waals surface area (Å²) in [5.74, 6) is 0. The van der Waals surface area contributed by atoms with Gasteiger partial charge in [0.25, 0.3) is 0 Å². The van der Waals surface area contributed by atoms with Crippen molar-refractivity contribution < 1.29 is 4.74 Å². The predicted molar refractivity (Wildman–Crippen MR) is 44.3 cm³/mol. The molecule has 1 aliphatic heterocycles. The molecule has 2 atom stereocenters. The summed E-state index contributed by atoms with van der Waals surface area (Å²) in [6, 6.07) is 10.4. The Balaban J connectivity index is 2.09. The molecule has 0 saturated carbocycles. The molecule has 0 radical (unpaired) electrons. The van der Waals surface area contributed by atoms with Gasteiger partial charge in [-0.15, -0.1) is 0 Å². The highest BCUT2D eigenvalue weighted by molar-refractivity contribution is 5.21. The first kappa shape index (κ1) is 6.86. The van der Waals surface area contributed by atoms with Crippen LogP contribution >= 0.6 is 0 Å². The van der Waals surface area contributed by atoms with E-state index in [9.17, 15) is 0 Å². The van der Waals surface area contributed by atoms with E-state index in [1.54, 1.807) is 0 Å². The summed E-state index contributed by atoms with van der Waals surface area (Å²) in [5.41, 5.74) is 1.32. The zero-order chi connectivity index (χ0) is 7.68. The number of hydrogen-bond donors (Lipinski definition) is 0. The Bertz CT molecular complexity index is 230. The number of rotatable bonds is 2. The van der Waals surface area contributed by atoms with Crippen molar-refractivity contribution in [3.05, 3.63) is 35.9 Å². The van der Waals surface area contributed by atoms with Crippen LogP contribution in [0.4, 0.5) is 0 Å². The maximum absolute atomic E-state index is 5.45. The van der Waals surface area contributed by atoms with Gasteiger partial charge in [-0.25, -0.2) is 0 Å². The van der Waals surface area contributed by atoms with Crippen LogP contribution in [0.3, 0.4) is 0 Å². The Hall–Kier alpha value is -0.820. The molecule has 0 unspecified atom stereocenters. The molecule has 0 spiro atoms. The minimum atomic E-state index is 0.390. The third kappa shape index (κ3) is 1.29. The standard InChI is InChI=1S/C10H12O/c1-2-9-10(11-9)8-6-4-3-5-7-8/h3-7,9-10H,2H2,1H3/t9-,10+/m0/s1. The summed E-state index contributed by atoms with van der Waals surface area (Å²) in [6.45, 7) is 2.16. The molecule has 1 fully saturated rings. The van der Waals surface area contributed by atoms with Crippen LogP contribution in [0.25, 0.3) is 0 Å². The van der Waals surface area contributed by atoms with Gasteiger partial charge in [-0.2, -0.15) is 0 Å². The van der Waals surface area contributed by atoms with Gasteiger partial charge in [0.2, 0.25) is 0 Å². The van der Waals surface area contributed by atoms with Crippen molar-refractivity contribution in [2.45, 2.75) is 25.6 Å². The van der Waals surface area contributed by atoms with Crippen molar-refractivity contribution in [3.63, 3.8) is 0 Å². The molecular formula is C10H12O. The number of benzene rings is 1. The second-order valence-corrected chi connectivity index (χ2v) is 2.91. The van der Waals surface area contributed by atoms with Crippen LogP contribution in [-0.4, -0.2) is 6.10 Å². The summed E-state index contributed by atoms with van der Waals surface area (Å²) in [4.78, 5) is 0. The van der Waals surface area contributed by atoms with Gasteiger partial charge in [-0.05, 0) is 12.0 Å². The maximum Gasteiger partial charge on any atom is 0.109 e. The summed E-state index contributed by atoms with van der Waals surface area (Å²) in [7, 11) is 0. The minimum Gasteiger partial charge on any atom is -0.365 e. The van der Waals surface area contributed by atoms with Crippen LogP contribution in [0.5, 0.6) is 0 Å². The van der Waals surface area contributed by atoms with Crippen molar-refractivity contribution in [1.82, 2.24) is 0 Å². The average molecular weight is 148 g/mol. The van der Waals surface area contributed by atoms with Crippen LogP contribution in [0.2, 0.25) is 0 Å². The first-order chi connectivity index (χ1) is 5.42. The SMILES string of the molecule is CC[C@@H]1O[C@@H]1c1ccccc1. The molecule has 0 amide bonds. The highest BCUT2D eigenvalue weighted by Crippen LogP contribution is 2.40. The van der Waals surface area contributed by atoms with Crippen LogP contribution < -0.4 is 0 Å². The molecule has 11 heavy (non-hydrogen) atoms. The lowest BCUT2D eigenvalue weighted by Gasteiger charge is -1.91. The lowest BCUT2D eigenvalue weighted by Crippen LogP contribution is -1.84.